The van der Waals surface area contributed by atoms with E-state index in [-0.39, 0.29) is 22.4 Å². The Hall–Kier alpha value is -0.160. The van der Waals surface area contributed by atoms with Crippen molar-refractivity contribution in [3.63, 3.8) is 0 Å². The van der Waals surface area contributed by atoms with Crippen molar-refractivity contribution in [2.75, 3.05) is 26.3 Å². The summed E-state index contributed by atoms with van der Waals surface area (Å²) >= 11 is 0. The van der Waals surface area contributed by atoms with Gasteiger partial charge in [0, 0.05) is 22.4 Å². The molecule has 3 nitrogen and oxygen atoms in total. The predicted octanol–water partition coefficient (Wildman–Crippen LogP) is 2.42. The summed E-state index contributed by atoms with van der Waals surface area (Å²) < 4.78 is 5.28. The maximum Gasteiger partial charge on any atom is 0.0645 e. The van der Waals surface area contributed by atoms with Gasteiger partial charge in [-0.2, -0.15) is 0 Å². The van der Waals surface area contributed by atoms with Gasteiger partial charge in [-0.05, 0) is 19.5 Å². The summed E-state index contributed by atoms with van der Waals surface area (Å²) in [5.74, 6) is 0. The molecule has 4 heteroatoms. The number of likely N-dealkylation sites (tertiary alicyclic amines) is 1. The van der Waals surface area contributed by atoms with E-state index in [1.54, 1.807) is 0 Å². The van der Waals surface area contributed by atoms with Crippen molar-refractivity contribution in [3.05, 3.63) is 41.2 Å². The van der Waals surface area contributed by atoms with Crippen LogP contribution in [0.15, 0.2) is 30.3 Å². The molecule has 1 aromatic carbocycles. The quantitative estimate of drug-likeness (QED) is 0.789. The summed E-state index contributed by atoms with van der Waals surface area (Å²) in [6.45, 7) is 5.06. The smallest absolute Gasteiger partial charge is 0.0645 e. The molecule has 2 fully saturated rings. The summed E-state index contributed by atoms with van der Waals surface area (Å²) in [5, 5.41) is 4.86. The Labute approximate surface area is 131 Å². The fourth-order valence-electron chi connectivity index (χ4n) is 2.72. The Morgan fingerprint density at radius 2 is 2.00 bits per heavy atom. The predicted molar refractivity (Wildman–Crippen MR) is 72.7 cm³/mol. The van der Waals surface area contributed by atoms with Gasteiger partial charge in [0.15, 0.2) is 0 Å². The summed E-state index contributed by atoms with van der Waals surface area (Å²) in [7, 11) is 0. The molecule has 2 saturated heterocycles. The summed E-state index contributed by atoms with van der Waals surface area (Å²) in [6.07, 6.45) is 2.52. The molecule has 103 valence electrons. The number of hydrogen-bond acceptors (Lipinski definition) is 2. The standard InChI is InChI=1S/C15H21N2O.Nb/c1-2-5-13(6-3-1)9-16-14-7-4-8-17(10-14)15-11-18-12-15;/h1-3,5-6,14-15H,4,7-12H2;/q-1;. The van der Waals surface area contributed by atoms with Gasteiger partial charge in [-0.25, -0.2) is 0 Å². The SMILES string of the molecule is [Nb].c1ccc(C[N-]C2CCCN(C3COC3)C2)cc1. The van der Waals surface area contributed by atoms with Crippen molar-refractivity contribution in [1.82, 2.24) is 4.90 Å². The molecule has 0 aromatic heterocycles. The van der Waals surface area contributed by atoms with Crippen LogP contribution in [0.4, 0.5) is 0 Å². The van der Waals surface area contributed by atoms with E-state index in [0.717, 1.165) is 26.3 Å². The number of hydrogen-bond donors (Lipinski definition) is 0. The Morgan fingerprint density at radius 3 is 2.68 bits per heavy atom. The van der Waals surface area contributed by atoms with Crippen molar-refractivity contribution in [2.45, 2.75) is 31.5 Å². The minimum Gasteiger partial charge on any atom is -0.655 e. The van der Waals surface area contributed by atoms with Crippen molar-refractivity contribution >= 4 is 0 Å². The van der Waals surface area contributed by atoms with Gasteiger partial charge in [0.05, 0.1) is 19.3 Å². The van der Waals surface area contributed by atoms with E-state index in [4.69, 9.17) is 10.1 Å². The molecule has 1 radical (unpaired) electrons. The number of rotatable bonds is 4. The zero-order valence-corrected chi connectivity index (χ0v) is 13.4. The van der Waals surface area contributed by atoms with E-state index in [1.165, 1.54) is 24.9 Å². The Kier molecular flexibility index (Phi) is 6.07. The maximum absolute atomic E-state index is 5.28. The molecule has 0 spiro atoms. The molecular weight excluding hydrogens is 317 g/mol. The van der Waals surface area contributed by atoms with Gasteiger partial charge in [-0.3, -0.25) is 4.90 Å². The van der Waals surface area contributed by atoms with Crippen molar-refractivity contribution in [2.24, 2.45) is 0 Å². The van der Waals surface area contributed by atoms with Crippen molar-refractivity contribution < 1.29 is 27.1 Å². The maximum atomic E-state index is 5.28. The summed E-state index contributed by atoms with van der Waals surface area (Å²) in [5.41, 5.74) is 1.32. The van der Waals surface area contributed by atoms with Crippen molar-refractivity contribution in [3.8, 4) is 0 Å². The first-order valence-electron chi connectivity index (χ1n) is 6.94. The fraction of sp³-hybridized carbons (Fsp3) is 0.600. The van der Waals surface area contributed by atoms with Gasteiger partial charge in [0.2, 0.25) is 0 Å². The Bertz CT molecular complexity index is 370. The molecule has 1 atom stereocenters. The van der Waals surface area contributed by atoms with Crippen LogP contribution in [0.25, 0.3) is 5.32 Å². The second-order valence-corrected chi connectivity index (χ2v) is 5.31. The number of piperidine rings is 1. The van der Waals surface area contributed by atoms with Crippen LogP contribution in [-0.2, 0) is 33.7 Å². The second-order valence-electron chi connectivity index (χ2n) is 5.31. The molecule has 19 heavy (non-hydrogen) atoms. The zero-order valence-electron chi connectivity index (χ0n) is 11.2. The summed E-state index contributed by atoms with van der Waals surface area (Å²) in [4.78, 5) is 2.56. The van der Waals surface area contributed by atoms with Gasteiger partial charge in [0.25, 0.3) is 0 Å². The third-order valence-corrected chi connectivity index (χ3v) is 3.94. The minimum atomic E-state index is 0. The first kappa shape index (κ1) is 15.2. The molecule has 2 aliphatic heterocycles. The van der Waals surface area contributed by atoms with Crippen LogP contribution in [0.3, 0.4) is 0 Å². The van der Waals surface area contributed by atoms with Gasteiger partial charge in [0.1, 0.15) is 0 Å². The molecule has 1 aromatic rings. The zero-order chi connectivity index (χ0) is 12.2. The van der Waals surface area contributed by atoms with Crippen LogP contribution in [0.2, 0.25) is 0 Å². The molecule has 0 bridgehead atoms. The average molecular weight is 338 g/mol. The fourth-order valence-corrected chi connectivity index (χ4v) is 2.72. The van der Waals surface area contributed by atoms with Gasteiger partial charge < -0.3 is 10.1 Å². The number of ether oxygens (including phenoxy) is 1. The molecule has 0 aliphatic carbocycles. The van der Waals surface area contributed by atoms with Gasteiger partial charge in [-0.15, -0.1) is 12.6 Å². The monoisotopic (exact) mass is 338 g/mol. The minimum absolute atomic E-state index is 0. The number of benzene rings is 1. The Morgan fingerprint density at radius 1 is 1.21 bits per heavy atom. The average Bonchev–Trinajstić information content (AvgIpc) is 2.36. The van der Waals surface area contributed by atoms with Crippen LogP contribution in [0, 0.1) is 0 Å². The van der Waals surface area contributed by atoms with Crippen LogP contribution >= 0.6 is 0 Å². The Balaban J connectivity index is 0.00000133. The topological polar surface area (TPSA) is 26.6 Å². The third-order valence-electron chi connectivity index (χ3n) is 3.94. The first-order chi connectivity index (χ1) is 8.92. The van der Waals surface area contributed by atoms with Gasteiger partial charge in [-0.1, -0.05) is 42.3 Å². The van der Waals surface area contributed by atoms with Crippen molar-refractivity contribution in [1.29, 1.82) is 0 Å². The van der Waals surface area contributed by atoms with Crippen LogP contribution in [0.5, 0.6) is 0 Å². The van der Waals surface area contributed by atoms with E-state index in [2.05, 4.69) is 35.2 Å². The summed E-state index contributed by atoms with van der Waals surface area (Å²) in [6, 6.07) is 11.7. The molecule has 1 unspecified atom stereocenters. The largest absolute Gasteiger partial charge is 0.655 e. The molecule has 2 heterocycles. The first-order valence-corrected chi connectivity index (χ1v) is 6.94. The molecule has 3 rings (SSSR count). The third kappa shape index (κ3) is 4.15. The van der Waals surface area contributed by atoms with E-state index in [0.29, 0.717) is 12.1 Å². The van der Waals surface area contributed by atoms with E-state index in [9.17, 15) is 0 Å². The van der Waals surface area contributed by atoms with Crippen LogP contribution in [-0.4, -0.2) is 43.3 Å². The molecule has 2 aliphatic rings. The molecule has 0 N–H and O–H groups in total. The normalized spacial score (nSPS) is 24.5. The van der Waals surface area contributed by atoms with E-state index >= 15 is 0 Å². The van der Waals surface area contributed by atoms with Crippen LogP contribution < -0.4 is 0 Å². The second kappa shape index (κ2) is 7.58. The number of nitrogens with zero attached hydrogens (tertiary/aromatic N) is 2. The van der Waals surface area contributed by atoms with Crippen LogP contribution in [0.1, 0.15) is 18.4 Å². The molecule has 0 saturated carbocycles. The van der Waals surface area contributed by atoms with E-state index in [1.807, 2.05) is 0 Å². The molecule has 0 amide bonds. The van der Waals surface area contributed by atoms with Gasteiger partial charge >= 0.3 is 0 Å². The van der Waals surface area contributed by atoms with E-state index < -0.39 is 0 Å². The molecular formula is C15H21N2NbO-.